The van der Waals surface area contributed by atoms with E-state index in [-0.39, 0.29) is 32.3 Å². The van der Waals surface area contributed by atoms with Crippen LogP contribution in [0, 0.1) is 5.92 Å². The first-order valence-electron chi connectivity index (χ1n) is 17.5. The molecule has 0 aliphatic heterocycles. The number of benzene rings is 3. The van der Waals surface area contributed by atoms with Crippen molar-refractivity contribution in [1.82, 2.24) is 0 Å². The van der Waals surface area contributed by atoms with Crippen molar-refractivity contribution < 1.29 is 34.0 Å². The minimum Gasteiger partial charge on any atom is -0.493 e. The van der Waals surface area contributed by atoms with Gasteiger partial charge >= 0.3 is 11.9 Å². The fourth-order valence-corrected chi connectivity index (χ4v) is 5.64. The molecule has 264 valence electrons. The molecule has 2 N–H and O–H groups in total. The summed E-state index contributed by atoms with van der Waals surface area (Å²) < 4.78 is 17.2. The van der Waals surface area contributed by atoms with Crippen LogP contribution in [0.5, 0.6) is 5.75 Å². The summed E-state index contributed by atoms with van der Waals surface area (Å²) in [6.45, 7) is 15.5. The molecule has 7 nitrogen and oxygen atoms in total. The Morgan fingerprint density at radius 3 is 1.71 bits per heavy atom. The number of hydrogen-bond donors (Lipinski definition) is 2. The van der Waals surface area contributed by atoms with Crippen LogP contribution in [0.4, 0.5) is 0 Å². The Kier molecular flexibility index (Phi) is 16.3. The van der Waals surface area contributed by atoms with Crippen molar-refractivity contribution in [1.29, 1.82) is 0 Å². The largest absolute Gasteiger partial charge is 0.493 e. The van der Waals surface area contributed by atoms with Gasteiger partial charge in [0.15, 0.2) is 0 Å². The molecule has 0 spiro atoms. The molecule has 49 heavy (non-hydrogen) atoms. The second-order valence-electron chi connectivity index (χ2n) is 12.7. The molecule has 0 unspecified atom stereocenters. The second-order valence-corrected chi connectivity index (χ2v) is 12.7. The van der Waals surface area contributed by atoms with E-state index in [0.29, 0.717) is 49.9 Å². The molecule has 7 heteroatoms. The smallest absolute Gasteiger partial charge is 0.333 e. The SMILES string of the molecule is C=C(C)C(=O)OCCCc1cc(-c2ccc(-c3ccc(CCC)cc3)cc2CC)cc(CCCOC(=O)C(=C)C)c1OCCC(CO)CO. The van der Waals surface area contributed by atoms with Crippen molar-refractivity contribution in [2.75, 3.05) is 33.0 Å². The van der Waals surface area contributed by atoms with Crippen LogP contribution in [0.2, 0.25) is 0 Å². The zero-order valence-corrected chi connectivity index (χ0v) is 29.8. The zero-order valence-electron chi connectivity index (χ0n) is 29.8. The summed E-state index contributed by atoms with van der Waals surface area (Å²) in [6, 6.07) is 19.8. The summed E-state index contributed by atoms with van der Waals surface area (Å²) in [7, 11) is 0. The summed E-state index contributed by atoms with van der Waals surface area (Å²) in [4.78, 5) is 24.1. The van der Waals surface area contributed by atoms with Crippen molar-refractivity contribution in [3.63, 3.8) is 0 Å². The third-order valence-electron chi connectivity index (χ3n) is 8.50. The Labute approximate surface area is 292 Å². The number of aliphatic hydroxyl groups is 2. The van der Waals surface area contributed by atoms with Gasteiger partial charge in [-0.05, 0) is 115 Å². The van der Waals surface area contributed by atoms with Gasteiger partial charge in [-0.25, -0.2) is 9.59 Å². The first-order valence-corrected chi connectivity index (χ1v) is 17.5. The Hall–Kier alpha value is -4.20. The molecule has 0 saturated heterocycles. The van der Waals surface area contributed by atoms with Gasteiger partial charge in [-0.1, -0.05) is 75.9 Å². The van der Waals surface area contributed by atoms with Gasteiger partial charge in [0.2, 0.25) is 0 Å². The van der Waals surface area contributed by atoms with Crippen LogP contribution in [0.15, 0.2) is 78.9 Å². The first kappa shape index (κ1) is 39.2. The number of aliphatic hydroxyl groups excluding tert-OH is 2. The lowest BCUT2D eigenvalue weighted by Crippen LogP contribution is -2.16. The van der Waals surface area contributed by atoms with E-state index >= 15 is 0 Å². The molecule has 0 heterocycles. The number of rotatable bonds is 21. The molecular formula is C42H54O7. The van der Waals surface area contributed by atoms with E-state index in [1.54, 1.807) is 13.8 Å². The standard InChI is InChI=1S/C42H54O7/c1-7-11-31-14-16-34(17-15-31)35-18-19-39(33(8-2)24-35)38-25-36(12-9-21-48-41(45)29(3)4)40(47-23-20-32(27-43)28-44)37(26-38)13-10-22-49-42(46)30(5)6/h14-19,24-26,32,43-44H,3,5,7-13,20-23,27-28H2,1-2,4,6H3. The van der Waals surface area contributed by atoms with Crippen LogP contribution < -0.4 is 4.74 Å². The Morgan fingerprint density at radius 1 is 0.694 bits per heavy atom. The number of carbonyl (C=O) groups is 2. The third-order valence-corrected chi connectivity index (χ3v) is 8.50. The Morgan fingerprint density at radius 2 is 1.22 bits per heavy atom. The van der Waals surface area contributed by atoms with Crippen LogP contribution in [0.1, 0.15) is 75.6 Å². The van der Waals surface area contributed by atoms with Gasteiger partial charge in [-0.2, -0.15) is 0 Å². The summed E-state index contributed by atoms with van der Waals surface area (Å²) in [5, 5.41) is 19.2. The molecule has 3 aromatic carbocycles. The number of carbonyl (C=O) groups excluding carboxylic acids is 2. The lowest BCUT2D eigenvalue weighted by molar-refractivity contribution is -0.139. The molecule has 3 rings (SSSR count). The molecule has 0 radical (unpaired) electrons. The summed E-state index contributed by atoms with van der Waals surface area (Å²) in [5.74, 6) is -0.371. The monoisotopic (exact) mass is 670 g/mol. The highest BCUT2D eigenvalue weighted by atomic mass is 16.5. The summed E-state index contributed by atoms with van der Waals surface area (Å²) >= 11 is 0. The fraction of sp³-hybridized carbons (Fsp3) is 0.429. The maximum absolute atomic E-state index is 12.0. The van der Waals surface area contributed by atoms with E-state index in [1.807, 2.05) is 0 Å². The van der Waals surface area contributed by atoms with Gasteiger partial charge in [0, 0.05) is 30.3 Å². The molecule has 0 aliphatic carbocycles. The molecule has 0 saturated carbocycles. The fourth-order valence-electron chi connectivity index (χ4n) is 5.64. The van der Waals surface area contributed by atoms with Crippen LogP contribution in [-0.2, 0) is 44.7 Å². The highest BCUT2D eigenvalue weighted by Crippen LogP contribution is 2.36. The van der Waals surface area contributed by atoms with Crippen LogP contribution in [0.25, 0.3) is 22.3 Å². The quantitative estimate of drug-likeness (QED) is 0.0673. The predicted molar refractivity (Wildman–Crippen MR) is 197 cm³/mol. The van der Waals surface area contributed by atoms with Gasteiger partial charge in [-0.15, -0.1) is 0 Å². The molecule has 0 fully saturated rings. The van der Waals surface area contributed by atoms with E-state index < -0.39 is 11.9 Å². The van der Waals surface area contributed by atoms with Crippen molar-refractivity contribution in [3.8, 4) is 28.0 Å². The van der Waals surface area contributed by atoms with Crippen LogP contribution >= 0.6 is 0 Å². The van der Waals surface area contributed by atoms with Gasteiger partial charge in [-0.3, -0.25) is 0 Å². The average molecular weight is 671 g/mol. The second kappa shape index (κ2) is 20.3. The highest BCUT2D eigenvalue weighted by molar-refractivity contribution is 5.87. The van der Waals surface area contributed by atoms with E-state index in [9.17, 15) is 19.8 Å². The number of esters is 2. The van der Waals surface area contributed by atoms with Gasteiger partial charge in [0.05, 0.1) is 19.8 Å². The minimum absolute atomic E-state index is 0.126. The highest BCUT2D eigenvalue weighted by Gasteiger charge is 2.18. The summed E-state index contributed by atoms with van der Waals surface area (Å²) in [6.07, 6.45) is 5.87. The van der Waals surface area contributed by atoms with E-state index in [0.717, 1.165) is 47.3 Å². The molecule has 0 bridgehead atoms. The normalized spacial score (nSPS) is 11.0. The maximum atomic E-state index is 12.0. The minimum atomic E-state index is -0.415. The van der Waals surface area contributed by atoms with Crippen molar-refractivity contribution in [2.45, 2.75) is 79.1 Å². The average Bonchev–Trinajstić information content (AvgIpc) is 3.10. The Bertz CT molecular complexity index is 1490. The Balaban J connectivity index is 2.03. The third kappa shape index (κ3) is 12.0. The van der Waals surface area contributed by atoms with E-state index in [1.165, 1.54) is 22.3 Å². The van der Waals surface area contributed by atoms with Crippen molar-refractivity contribution in [2.24, 2.45) is 5.92 Å². The summed E-state index contributed by atoms with van der Waals surface area (Å²) in [5.41, 5.74) is 9.76. The molecular weight excluding hydrogens is 616 g/mol. The number of hydrogen-bond acceptors (Lipinski definition) is 7. The topological polar surface area (TPSA) is 102 Å². The van der Waals surface area contributed by atoms with E-state index in [4.69, 9.17) is 14.2 Å². The van der Waals surface area contributed by atoms with Crippen molar-refractivity contribution in [3.05, 3.63) is 101 Å². The van der Waals surface area contributed by atoms with E-state index in [2.05, 4.69) is 81.6 Å². The van der Waals surface area contributed by atoms with Gasteiger partial charge in [0.1, 0.15) is 5.75 Å². The number of aryl methyl sites for hydroxylation is 4. The number of ether oxygens (including phenoxy) is 3. The lowest BCUT2D eigenvalue weighted by atomic mass is 9.89. The molecule has 0 amide bonds. The van der Waals surface area contributed by atoms with Crippen LogP contribution in [-0.4, -0.2) is 55.2 Å². The molecule has 0 aromatic heterocycles. The predicted octanol–water partition coefficient (Wildman–Crippen LogP) is 8.01. The molecule has 3 aromatic rings. The maximum Gasteiger partial charge on any atom is 0.333 e. The molecule has 0 atom stereocenters. The molecule has 0 aliphatic rings. The van der Waals surface area contributed by atoms with Gasteiger partial charge < -0.3 is 24.4 Å². The van der Waals surface area contributed by atoms with Gasteiger partial charge in [0.25, 0.3) is 0 Å². The first-order chi connectivity index (χ1) is 23.6. The van der Waals surface area contributed by atoms with Crippen molar-refractivity contribution >= 4 is 11.9 Å². The zero-order chi connectivity index (χ0) is 35.8. The lowest BCUT2D eigenvalue weighted by Gasteiger charge is -2.21. The van der Waals surface area contributed by atoms with Crippen LogP contribution in [0.3, 0.4) is 0 Å².